The highest BCUT2D eigenvalue weighted by atomic mass is 79.9. The summed E-state index contributed by atoms with van der Waals surface area (Å²) in [5.41, 5.74) is 1.43. The standard InChI is InChI=1S/C15H15BrN2O2S/c16-12-3-1-4-13(9-12)18-14(19)5-2-7-17-15(20)11-6-8-21-10-11/h1,3-4,6,8-10H,2,5,7H2,(H,17,20)(H,18,19). The van der Waals surface area contributed by atoms with Gasteiger partial charge in [0, 0.05) is 34.1 Å². The number of thiophene rings is 1. The summed E-state index contributed by atoms with van der Waals surface area (Å²) >= 11 is 4.84. The molecule has 21 heavy (non-hydrogen) atoms. The van der Waals surface area contributed by atoms with Crippen LogP contribution in [-0.2, 0) is 4.79 Å². The Hall–Kier alpha value is -1.66. The number of carbonyl (C=O) groups is 2. The first-order chi connectivity index (χ1) is 10.1. The molecule has 2 amide bonds. The number of hydrogen-bond acceptors (Lipinski definition) is 3. The Morgan fingerprint density at radius 3 is 2.81 bits per heavy atom. The van der Waals surface area contributed by atoms with Crippen molar-refractivity contribution in [1.82, 2.24) is 5.32 Å². The van der Waals surface area contributed by atoms with Crippen molar-refractivity contribution in [3.8, 4) is 0 Å². The number of benzene rings is 1. The summed E-state index contributed by atoms with van der Waals surface area (Å²) in [6.07, 6.45) is 0.978. The first kappa shape index (κ1) is 15.7. The van der Waals surface area contributed by atoms with Crippen LogP contribution in [0.3, 0.4) is 0 Å². The molecule has 6 heteroatoms. The van der Waals surface area contributed by atoms with Gasteiger partial charge in [-0.2, -0.15) is 11.3 Å². The van der Waals surface area contributed by atoms with Crippen molar-refractivity contribution in [1.29, 1.82) is 0 Å². The topological polar surface area (TPSA) is 58.2 Å². The molecular formula is C15H15BrN2O2S. The molecule has 0 aliphatic heterocycles. The summed E-state index contributed by atoms with van der Waals surface area (Å²) in [7, 11) is 0. The molecule has 1 heterocycles. The monoisotopic (exact) mass is 366 g/mol. The highest BCUT2D eigenvalue weighted by Gasteiger charge is 2.06. The number of carbonyl (C=O) groups excluding carboxylic acids is 2. The molecule has 2 rings (SSSR count). The molecule has 1 aromatic heterocycles. The lowest BCUT2D eigenvalue weighted by molar-refractivity contribution is -0.116. The van der Waals surface area contributed by atoms with Crippen molar-refractivity contribution in [3.63, 3.8) is 0 Å². The predicted molar refractivity (Wildman–Crippen MR) is 88.7 cm³/mol. The number of anilines is 1. The predicted octanol–water partition coefficient (Wildman–Crippen LogP) is 3.66. The second kappa shape index (κ2) is 7.95. The molecule has 0 atom stereocenters. The van der Waals surface area contributed by atoms with Gasteiger partial charge in [0.05, 0.1) is 0 Å². The van der Waals surface area contributed by atoms with E-state index in [-0.39, 0.29) is 11.8 Å². The fraction of sp³-hybridized carbons (Fsp3) is 0.200. The first-order valence-electron chi connectivity index (χ1n) is 6.51. The van der Waals surface area contributed by atoms with Gasteiger partial charge < -0.3 is 10.6 Å². The SMILES string of the molecule is O=C(CCCNC(=O)c1ccsc1)Nc1cccc(Br)c1. The lowest BCUT2D eigenvalue weighted by Gasteiger charge is -2.06. The molecule has 0 saturated heterocycles. The average molecular weight is 367 g/mol. The maximum atomic E-state index is 11.8. The van der Waals surface area contributed by atoms with Crippen molar-refractivity contribution in [2.45, 2.75) is 12.8 Å². The quantitative estimate of drug-likeness (QED) is 0.766. The minimum Gasteiger partial charge on any atom is -0.352 e. The number of amides is 2. The van der Waals surface area contributed by atoms with E-state index in [4.69, 9.17) is 0 Å². The summed E-state index contributed by atoms with van der Waals surface area (Å²) < 4.78 is 0.920. The van der Waals surface area contributed by atoms with E-state index in [1.54, 1.807) is 11.4 Å². The van der Waals surface area contributed by atoms with Gasteiger partial charge in [0.25, 0.3) is 5.91 Å². The van der Waals surface area contributed by atoms with Gasteiger partial charge in [0.2, 0.25) is 5.91 Å². The third-order valence-corrected chi connectivity index (χ3v) is 3.93. The Morgan fingerprint density at radius 2 is 2.10 bits per heavy atom. The van der Waals surface area contributed by atoms with Gasteiger partial charge in [-0.3, -0.25) is 9.59 Å². The second-order valence-electron chi connectivity index (χ2n) is 4.43. The van der Waals surface area contributed by atoms with E-state index in [1.807, 2.05) is 29.6 Å². The lowest BCUT2D eigenvalue weighted by Crippen LogP contribution is -2.25. The van der Waals surface area contributed by atoms with Gasteiger partial charge >= 0.3 is 0 Å². The molecule has 2 N–H and O–H groups in total. The molecule has 0 saturated carbocycles. The summed E-state index contributed by atoms with van der Waals surface area (Å²) in [6.45, 7) is 0.487. The third-order valence-electron chi connectivity index (χ3n) is 2.76. The molecule has 4 nitrogen and oxygen atoms in total. The molecule has 2 aromatic rings. The maximum Gasteiger partial charge on any atom is 0.252 e. The Bertz CT molecular complexity index is 614. The Kier molecular flexibility index (Phi) is 5.95. The average Bonchev–Trinajstić information content (AvgIpc) is 2.97. The van der Waals surface area contributed by atoms with Crippen molar-refractivity contribution in [3.05, 3.63) is 51.1 Å². The Balaban J connectivity index is 1.67. The van der Waals surface area contributed by atoms with Gasteiger partial charge in [-0.15, -0.1) is 0 Å². The number of nitrogens with one attached hydrogen (secondary N) is 2. The van der Waals surface area contributed by atoms with Gasteiger partial charge in [-0.05, 0) is 36.1 Å². The molecule has 110 valence electrons. The molecular weight excluding hydrogens is 352 g/mol. The van der Waals surface area contributed by atoms with E-state index in [2.05, 4.69) is 26.6 Å². The van der Waals surface area contributed by atoms with Crippen LogP contribution in [0.2, 0.25) is 0 Å². The van der Waals surface area contributed by atoms with Gasteiger partial charge in [-0.25, -0.2) is 0 Å². The fourth-order valence-corrected chi connectivity index (χ4v) is 2.77. The summed E-state index contributed by atoms with van der Waals surface area (Å²) in [6, 6.07) is 9.22. The third kappa shape index (κ3) is 5.32. The van der Waals surface area contributed by atoms with Crippen molar-refractivity contribution in [2.24, 2.45) is 0 Å². The van der Waals surface area contributed by atoms with Crippen LogP contribution in [0.25, 0.3) is 0 Å². The largest absolute Gasteiger partial charge is 0.352 e. The van der Waals surface area contributed by atoms with Crippen LogP contribution < -0.4 is 10.6 Å². The van der Waals surface area contributed by atoms with Gasteiger partial charge in [-0.1, -0.05) is 22.0 Å². The van der Waals surface area contributed by atoms with E-state index in [0.29, 0.717) is 24.9 Å². The van der Waals surface area contributed by atoms with Crippen LogP contribution in [0.1, 0.15) is 23.2 Å². The van der Waals surface area contributed by atoms with Crippen LogP contribution in [0.15, 0.2) is 45.6 Å². The van der Waals surface area contributed by atoms with Crippen LogP contribution in [0, 0.1) is 0 Å². The van der Waals surface area contributed by atoms with Gasteiger partial charge in [0.1, 0.15) is 0 Å². The summed E-state index contributed by atoms with van der Waals surface area (Å²) in [4.78, 5) is 23.4. The second-order valence-corrected chi connectivity index (χ2v) is 6.13. The maximum absolute atomic E-state index is 11.8. The number of halogens is 1. The molecule has 0 fully saturated rings. The molecule has 0 aliphatic carbocycles. The normalized spacial score (nSPS) is 10.1. The van der Waals surface area contributed by atoms with Crippen molar-refractivity contribution in [2.75, 3.05) is 11.9 Å². The highest BCUT2D eigenvalue weighted by Crippen LogP contribution is 2.15. The summed E-state index contributed by atoms with van der Waals surface area (Å²) in [5.74, 6) is -0.151. The van der Waals surface area contributed by atoms with Crippen LogP contribution in [0.5, 0.6) is 0 Å². The van der Waals surface area contributed by atoms with Crippen LogP contribution >= 0.6 is 27.3 Å². The summed E-state index contributed by atoms with van der Waals surface area (Å²) in [5, 5.41) is 9.27. The zero-order valence-corrected chi connectivity index (χ0v) is 13.7. The van der Waals surface area contributed by atoms with Gasteiger partial charge in [0.15, 0.2) is 0 Å². The molecule has 0 spiro atoms. The van der Waals surface area contributed by atoms with E-state index in [1.165, 1.54) is 11.3 Å². The minimum absolute atomic E-state index is 0.0575. The van der Waals surface area contributed by atoms with E-state index in [0.717, 1.165) is 10.2 Å². The van der Waals surface area contributed by atoms with E-state index >= 15 is 0 Å². The number of hydrogen-bond donors (Lipinski definition) is 2. The van der Waals surface area contributed by atoms with Crippen LogP contribution in [0.4, 0.5) is 5.69 Å². The number of rotatable bonds is 6. The molecule has 0 unspecified atom stereocenters. The molecule has 0 bridgehead atoms. The fourth-order valence-electron chi connectivity index (χ4n) is 1.74. The van der Waals surface area contributed by atoms with Crippen molar-refractivity contribution < 1.29 is 9.59 Å². The minimum atomic E-state index is -0.0938. The van der Waals surface area contributed by atoms with E-state index in [9.17, 15) is 9.59 Å². The van der Waals surface area contributed by atoms with Crippen molar-refractivity contribution >= 4 is 44.8 Å². The zero-order chi connectivity index (χ0) is 15.1. The lowest BCUT2D eigenvalue weighted by atomic mass is 10.2. The molecule has 0 radical (unpaired) electrons. The first-order valence-corrected chi connectivity index (χ1v) is 8.24. The molecule has 0 aliphatic rings. The van der Waals surface area contributed by atoms with E-state index < -0.39 is 0 Å². The van der Waals surface area contributed by atoms with Crippen LogP contribution in [-0.4, -0.2) is 18.4 Å². The smallest absolute Gasteiger partial charge is 0.252 e. The Morgan fingerprint density at radius 1 is 1.24 bits per heavy atom. The molecule has 1 aromatic carbocycles. The zero-order valence-electron chi connectivity index (χ0n) is 11.3. The Labute approximate surface area is 135 Å². The highest BCUT2D eigenvalue weighted by molar-refractivity contribution is 9.10.